The highest BCUT2D eigenvalue weighted by Crippen LogP contribution is 2.38. The number of carbonyl (C=O) groups excluding carboxylic acids is 1. The lowest BCUT2D eigenvalue weighted by molar-refractivity contribution is -0.128. The summed E-state index contributed by atoms with van der Waals surface area (Å²) in [7, 11) is 1.70. The molecule has 2 fully saturated rings. The third-order valence-corrected chi connectivity index (χ3v) is 5.72. The lowest BCUT2D eigenvalue weighted by Crippen LogP contribution is -2.46. The second-order valence-corrected chi connectivity index (χ2v) is 7.53. The van der Waals surface area contributed by atoms with E-state index in [2.05, 4.69) is 10.2 Å². The van der Waals surface area contributed by atoms with Crippen molar-refractivity contribution in [1.82, 2.24) is 10.2 Å². The molecule has 0 unspecified atom stereocenters. The predicted octanol–water partition coefficient (Wildman–Crippen LogP) is 2.11. The number of benzene rings is 1. The average molecular weight is 364 g/mol. The Bertz CT molecular complexity index is 581. The van der Waals surface area contributed by atoms with Crippen molar-refractivity contribution in [3.63, 3.8) is 0 Å². The smallest absolute Gasteiger partial charge is 0.223 e. The van der Waals surface area contributed by atoms with Gasteiger partial charge in [0.05, 0.1) is 18.8 Å². The van der Waals surface area contributed by atoms with Crippen LogP contribution in [-0.4, -0.2) is 55.4 Å². The molecule has 1 saturated carbocycles. The minimum atomic E-state index is -0.288. The van der Waals surface area contributed by atoms with Crippen LogP contribution in [0.2, 0.25) is 0 Å². The predicted molar refractivity (Wildman–Crippen MR) is 97.1 cm³/mol. The van der Waals surface area contributed by atoms with Gasteiger partial charge in [0.2, 0.25) is 5.91 Å². The zero-order valence-electron chi connectivity index (χ0n) is 15.4. The molecule has 2 aliphatic rings. The van der Waals surface area contributed by atoms with E-state index in [1.165, 1.54) is 12.1 Å². The van der Waals surface area contributed by atoms with Gasteiger partial charge in [-0.15, -0.1) is 0 Å². The van der Waals surface area contributed by atoms with Crippen molar-refractivity contribution in [2.75, 3.05) is 33.4 Å². The summed E-state index contributed by atoms with van der Waals surface area (Å²) in [5.74, 6) is 0.0194. The van der Waals surface area contributed by atoms with Crippen molar-refractivity contribution in [2.45, 2.75) is 37.8 Å². The molecule has 0 radical (unpaired) electrons. The van der Waals surface area contributed by atoms with Gasteiger partial charge in [0.15, 0.2) is 0 Å². The Morgan fingerprint density at radius 3 is 2.54 bits per heavy atom. The molecule has 1 aliphatic carbocycles. The molecule has 1 atom stereocenters. The number of nitrogens with one attached hydrogen (secondary N) is 1. The number of aliphatic hydroxyl groups excluding tert-OH is 1. The molecule has 1 saturated heterocycles. The van der Waals surface area contributed by atoms with Crippen molar-refractivity contribution in [2.24, 2.45) is 11.8 Å². The molecule has 1 aromatic carbocycles. The normalized spacial score (nSPS) is 25.5. The second-order valence-electron chi connectivity index (χ2n) is 7.53. The highest BCUT2D eigenvalue weighted by Gasteiger charge is 2.37. The van der Waals surface area contributed by atoms with Crippen molar-refractivity contribution in [3.8, 4) is 0 Å². The number of hydrogen-bond donors (Lipinski definition) is 2. The van der Waals surface area contributed by atoms with Crippen molar-refractivity contribution < 1.29 is 19.0 Å². The molecule has 0 aromatic heterocycles. The largest absolute Gasteiger partial charge is 0.393 e. The molecule has 1 aromatic rings. The molecular weight excluding hydrogens is 335 g/mol. The molecule has 26 heavy (non-hydrogen) atoms. The highest BCUT2D eigenvalue weighted by atomic mass is 19.1. The third kappa shape index (κ3) is 4.81. The van der Waals surface area contributed by atoms with Gasteiger partial charge in [0.25, 0.3) is 0 Å². The molecule has 0 spiro atoms. The van der Waals surface area contributed by atoms with Crippen LogP contribution in [0.15, 0.2) is 24.3 Å². The van der Waals surface area contributed by atoms with Crippen LogP contribution in [0.4, 0.5) is 4.39 Å². The number of amides is 1. The fourth-order valence-corrected chi connectivity index (χ4v) is 3.96. The van der Waals surface area contributed by atoms with Gasteiger partial charge in [-0.25, -0.2) is 4.39 Å². The molecule has 3 rings (SSSR count). The molecule has 2 N–H and O–H groups in total. The number of halogens is 1. The number of methoxy groups -OCH3 is 1. The average Bonchev–Trinajstić information content (AvgIpc) is 2.63. The number of likely N-dealkylation sites (tertiary alicyclic amines) is 1. The van der Waals surface area contributed by atoms with Crippen molar-refractivity contribution in [1.29, 1.82) is 0 Å². The Labute approximate surface area is 154 Å². The molecule has 1 aliphatic heterocycles. The van der Waals surface area contributed by atoms with Crippen LogP contribution >= 0.6 is 0 Å². The Morgan fingerprint density at radius 2 is 1.96 bits per heavy atom. The lowest BCUT2D eigenvalue weighted by atomic mass is 9.75. The number of rotatable bonds is 7. The summed E-state index contributed by atoms with van der Waals surface area (Å²) >= 11 is 0. The van der Waals surface area contributed by atoms with E-state index in [4.69, 9.17) is 4.74 Å². The van der Waals surface area contributed by atoms with E-state index in [1.54, 1.807) is 19.2 Å². The van der Waals surface area contributed by atoms with Crippen molar-refractivity contribution in [3.05, 3.63) is 35.6 Å². The van der Waals surface area contributed by atoms with Crippen LogP contribution in [-0.2, 0) is 9.53 Å². The van der Waals surface area contributed by atoms with Crippen LogP contribution < -0.4 is 5.32 Å². The third-order valence-electron chi connectivity index (χ3n) is 5.72. The Kier molecular flexibility index (Phi) is 6.62. The monoisotopic (exact) mass is 364 g/mol. The maximum atomic E-state index is 13.2. The summed E-state index contributed by atoms with van der Waals surface area (Å²) in [6.45, 7) is 3.44. The van der Waals surface area contributed by atoms with E-state index in [9.17, 15) is 14.3 Å². The lowest BCUT2D eigenvalue weighted by Gasteiger charge is -2.39. The number of nitrogens with zero attached hydrogens (tertiary/aromatic N) is 1. The summed E-state index contributed by atoms with van der Waals surface area (Å²) in [6, 6.07) is 6.17. The molecule has 6 heteroatoms. The van der Waals surface area contributed by atoms with Gasteiger partial charge < -0.3 is 20.1 Å². The first-order valence-corrected chi connectivity index (χ1v) is 9.52. The Balaban J connectivity index is 1.58. The quantitative estimate of drug-likeness (QED) is 0.778. The number of hydrogen-bond acceptors (Lipinski definition) is 4. The SMILES string of the molecule is COCCN1CCC(C(=O)N[C@@H](c2ccc(F)cc2)C2CC(O)C2)CC1. The van der Waals surface area contributed by atoms with Crippen LogP contribution in [0, 0.1) is 17.7 Å². The van der Waals surface area contributed by atoms with Gasteiger partial charge in [-0.1, -0.05) is 12.1 Å². The molecule has 1 heterocycles. The van der Waals surface area contributed by atoms with E-state index in [0.717, 1.165) is 38.0 Å². The molecular formula is C20H29FN2O3. The van der Waals surface area contributed by atoms with E-state index >= 15 is 0 Å². The second kappa shape index (κ2) is 8.93. The topological polar surface area (TPSA) is 61.8 Å². The highest BCUT2D eigenvalue weighted by molar-refractivity contribution is 5.79. The van der Waals surface area contributed by atoms with E-state index < -0.39 is 0 Å². The minimum Gasteiger partial charge on any atom is -0.393 e. The zero-order valence-corrected chi connectivity index (χ0v) is 15.4. The fourth-order valence-electron chi connectivity index (χ4n) is 3.96. The number of aliphatic hydroxyl groups is 1. The number of carbonyl (C=O) groups is 1. The van der Waals surface area contributed by atoms with E-state index in [1.807, 2.05) is 0 Å². The van der Waals surface area contributed by atoms with Gasteiger partial charge in [-0.3, -0.25) is 4.79 Å². The fraction of sp³-hybridized carbons (Fsp3) is 0.650. The standard InChI is InChI=1S/C20H29FN2O3/c1-26-11-10-23-8-6-15(7-9-23)20(25)22-19(16-12-18(24)13-16)14-2-4-17(21)5-3-14/h2-5,15-16,18-19,24H,6-13H2,1H3,(H,22,25)/t16?,18?,19-/m0/s1. The van der Waals surface area contributed by atoms with Gasteiger partial charge >= 0.3 is 0 Å². The van der Waals surface area contributed by atoms with Crippen LogP contribution in [0.25, 0.3) is 0 Å². The summed E-state index contributed by atoms with van der Waals surface area (Å²) in [5.41, 5.74) is 0.911. The summed E-state index contributed by atoms with van der Waals surface area (Å²) in [4.78, 5) is 15.1. The van der Waals surface area contributed by atoms with Crippen LogP contribution in [0.1, 0.15) is 37.3 Å². The van der Waals surface area contributed by atoms with E-state index in [0.29, 0.717) is 19.4 Å². The zero-order chi connectivity index (χ0) is 18.5. The minimum absolute atomic E-state index is 0.0155. The molecule has 0 bridgehead atoms. The van der Waals surface area contributed by atoms with E-state index in [-0.39, 0.29) is 35.7 Å². The van der Waals surface area contributed by atoms with Crippen LogP contribution in [0.5, 0.6) is 0 Å². The molecule has 1 amide bonds. The number of ether oxygens (including phenoxy) is 1. The molecule has 144 valence electrons. The summed E-state index contributed by atoms with van der Waals surface area (Å²) in [6.07, 6.45) is 2.76. The first-order chi connectivity index (χ1) is 12.6. The Morgan fingerprint density at radius 1 is 1.31 bits per heavy atom. The maximum absolute atomic E-state index is 13.2. The van der Waals surface area contributed by atoms with Crippen LogP contribution in [0.3, 0.4) is 0 Å². The van der Waals surface area contributed by atoms with Crippen molar-refractivity contribution >= 4 is 5.91 Å². The summed E-state index contributed by atoms with van der Waals surface area (Å²) < 4.78 is 18.4. The first kappa shape index (κ1) is 19.3. The first-order valence-electron chi connectivity index (χ1n) is 9.52. The van der Waals surface area contributed by atoms with Gasteiger partial charge in [-0.05, 0) is 62.4 Å². The summed E-state index contributed by atoms with van der Waals surface area (Å²) in [5, 5.41) is 12.8. The number of piperidine rings is 1. The molecule has 5 nitrogen and oxygen atoms in total. The van der Waals surface area contributed by atoms with Gasteiger partial charge in [0.1, 0.15) is 5.82 Å². The maximum Gasteiger partial charge on any atom is 0.223 e. The Hall–Kier alpha value is -1.50. The van der Waals surface area contributed by atoms with Gasteiger partial charge in [-0.2, -0.15) is 0 Å². The van der Waals surface area contributed by atoms with Gasteiger partial charge in [0, 0.05) is 19.6 Å².